The molecule has 0 saturated carbocycles. The van der Waals surface area contributed by atoms with Gasteiger partial charge in [-0.15, -0.1) is 0 Å². The fourth-order valence-electron chi connectivity index (χ4n) is 2.53. The van der Waals surface area contributed by atoms with Crippen molar-refractivity contribution in [1.29, 1.82) is 0 Å². The maximum Gasteiger partial charge on any atom is 0.257 e. The van der Waals surface area contributed by atoms with Gasteiger partial charge in [-0.05, 0) is 31.2 Å². The number of carbonyl (C=O) groups excluding carboxylic acids is 1. The van der Waals surface area contributed by atoms with Crippen molar-refractivity contribution in [3.8, 4) is 11.4 Å². The van der Waals surface area contributed by atoms with Crippen molar-refractivity contribution in [2.24, 2.45) is 0 Å². The van der Waals surface area contributed by atoms with E-state index in [2.05, 4.69) is 20.5 Å². The maximum absolute atomic E-state index is 12.7. The van der Waals surface area contributed by atoms with E-state index in [1.165, 1.54) is 7.05 Å². The monoisotopic (exact) mass is 385 g/mol. The van der Waals surface area contributed by atoms with Crippen LogP contribution in [0.5, 0.6) is 0 Å². The number of nitrogens with zero attached hydrogens (tertiary/aromatic N) is 3. The number of para-hydroxylation sites is 1. The summed E-state index contributed by atoms with van der Waals surface area (Å²) in [4.78, 5) is 17.0. The molecule has 0 unspecified atom stereocenters. The third kappa shape index (κ3) is 4.14. The normalized spacial score (nSPS) is 11.2. The average Bonchev–Trinajstić information content (AvgIpc) is 3.07. The Morgan fingerprint density at radius 1 is 1.15 bits per heavy atom. The third-order valence-electron chi connectivity index (χ3n) is 3.96. The Hall–Kier alpha value is -3.20. The topological polar surface area (TPSA) is 108 Å². The molecule has 140 valence electrons. The number of benzene rings is 2. The van der Waals surface area contributed by atoms with Crippen molar-refractivity contribution in [1.82, 2.24) is 15.2 Å². The SMILES string of the molecule is Cc1nc(-c2cccc(NC(=O)c3ccccc3N(C)S(C)(=O)=O)c2)n[nH]1. The summed E-state index contributed by atoms with van der Waals surface area (Å²) in [5.41, 5.74) is 1.86. The van der Waals surface area contributed by atoms with E-state index in [1.807, 2.05) is 6.07 Å². The first kappa shape index (κ1) is 18.6. The molecular formula is C18H19N5O3S. The number of rotatable bonds is 5. The van der Waals surface area contributed by atoms with Gasteiger partial charge in [0.2, 0.25) is 10.0 Å². The van der Waals surface area contributed by atoms with Crippen molar-refractivity contribution in [3.63, 3.8) is 0 Å². The van der Waals surface area contributed by atoms with Gasteiger partial charge in [-0.1, -0.05) is 24.3 Å². The second-order valence-corrected chi connectivity index (χ2v) is 8.04. The van der Waals surface area contributed by atoms with Crippen LogP contribution in [0.15, 0.2) is 48.5 Å². The second-order valence-electron chi connectivity index (χ2n) is 6.03. The van der Waals surface area contributed by atoms with E-state index in [0.29, 0.717) is 23.0 Å². The van der Waals surface area contributed by atoms with Crippen molar-refractivity contribution in [2.45, 2.75) is 6.92 Å². The molecule has 1 amide bonds. The molecule has 1 heterocycles. The van der Waals surface area contributed by atoms with Crippen LogP contribution < -0.4 is 9.62 Å². The first-order chi connectivity index (χ1) is 12.8. The first-order valence-electron chi connectivity index (χ1n) is 8.09. The number of H-pyrrole nitrogens is 1. The minimum atomic E-state index is -3.49. The van der Waals surface area contributed by atoms with Gasteiger partial charge in [0.1, 0.15) is 5.82 Å². The molecule has 2 N–H and O–H groups in total. The highest BCUT2D eigenvalue weighted by atomic mass is 32.2. The summed E-state index contributed by atoms with van der Waals surface area (Å²) in [6.07, 6.45) is 1.09. The Bertz CT molecular complexity index is 1090. The molecule has 9 heteroatoms. The molecule has 0 radical (unpaired) electrons. The van der Waals surface area contributed by atoms with E-state index < -0.39 is 15.9 Å². The molecule has 0 aliphatic rings. The lowest BCUT2D eigenvalue weighted by molar-refractivity contribution is 0.102. The van der Waals surface area contributed by atoms with Crippen molar-refractivity contribution in [2.75, 3.05) is 22.9 Å². The summed E-state index contributed by atoms with van der Waals surface area (Å²) in [5, 5.41) is 9.68. The van der Waals surface area contributed by atoms with E-state index in [0.717, 1.165) is 16.1 Å². The highest BCUT2D eigenvalue weighted by Crippen LogP contribution is 2.24. The Labute approximate surface area is 157 Å². The molecule has 0 fully saturated rings. The molecule has 0 bridgehead atoms. The van der Waals surface area contributed by atoms with E-state index in [-0.39, 0.29) is 5.56 Å². The number of amides is 1. The number of aryl methyl sites for hydroxylation is 1. The largest absolute Gasteiger partial charge is 0.322 e. The standard InChI is InChI=1S/C18H19N5O3S/c1-12-19-17(22-21-12)13-7-6-8-14(11-13)20-18(24)15-9-4-5-10-16(15)23(2)27(3,25)26/h4-11H,1-3H3,(H,20,24)(H,19,21,22). The molecule has 0 saturated heterocycles. The Kier molecular flexibility index (Phi) is 4.95. The van der Waals surface area contributed by atoms with Gasteiger partial charge < -0.3 is 5.32 Å². The van der Waals surface area contributed by atoms with Gasteiger partial charge in [-0.3, -0.25) is 14.2 Å². The second kappa shape index (κ2) is 7.20. The molecule has 8 nitrogen and oxygen atoms in total. The number of aromatic amines is 1. The average molecular weight is 385 g/mol. The predicted molar refractivity (Wildman–Crippen MR) is 104 cm³/mol. The molecule has 0 aliphatic heterocycles. The highest BCUT2D eigenvalue weighted by Gasteiger charge is 2.19. The lowest BCUT2D eigenvalue weighted by atomic mass is 10.1. The van der Waals surface area contributed by atoms with Crippen LogP contribution in [0.2, 0.25) is 0 Å². The number of hydrogen-bond donors (Lipinski definition) is 2. The van der Waals surface area contributed by atoms with Crippen molar-refractivity contribution in [3.05, 3.63) is 59.9 Å². The zero-order valence-corrected chi connectivity index (χ0v) is 15.9. The van der Waals surface area contributed by atoms with Crippen LogP contribution in [0.1, 0.15) is 16.2 Å². The quantitative estimate of drug-likeness (QED) is 0.701. The van der Waals surface area contributed by atoms with Gasteiger partial charge in [-0.25, -0.2) is 13.4 Å². The third-order valence-corrected chi connectivity index (χ3v) is 5.15. The summed E-state index contributed by atoms with van der Waals surface area (Å²) in [6, 6.07) is 13.6. The van der Waals surface area contributed by atoms with Crippen LogP contribution in [-0.2, 0) is 10.0 Å². The van der Waals surface area contributed by atoms with E-state index in [1.54, 1.807) is 49.4 Å². The molecule has 1 aromatic heterocycles. The van der Waals surface area contributed by atoms with Gasteiger partial charge in [0.05, 0.1) is 17.5 Å². The summed E-state index contributed by atoms with van der Waals surface area (Å²) < 4.78 is 24.8. The molecule has 2 aromatic carbocycles. The molecule has 27 heavy (non-hydrogen) atoms. The Balaban J connectivity index is 1.89. The van der Waals surface area contributed by atoms with Crippen molar-refractivity contribution >= 4 is 27.3 Å². The maximum atomic E-state index is 12.7. The Morgan fingerprint density at radius 3 is 2.56 bits per heavy atom. The lowest BCUT2D eigenvalue weighted by Crippen LogP contribution is -2.27. The molecule has 3 rings (SSSR count). The minimum Gasteiger partial charge on any atom is -0.322 e. The van der Waals surface area contributed by atoms with Crippen LogP contribution in [0.25, 0.3) is 11.4 Å². The zero-order chi connectivity index (χ0) is 19.6. The molecule has 0 atom stereocenters. The zero-order valence-electron chi connectivity index (χ0n) is 15.1. The number of hydrogen-bond acceptors (Lipinski definition) is 5. The van der Waals surface area contributed by atoms with Crippen LogP contribution in [0.4, 0.5) is 11.4 Å². The fraction of sp³-hybridized carbons (Fsp3) is 0.167. The predicted octanol–water partition coefficient (Wildman–Crippen LogP) is 2.43. The van der Waals surface area contributed by atoms with Gasteiger partial charge >= 0.3 is 0 Å². The number of carbonyl (C=O) groups is 1. The minimum absolute atomic E-state index is 0.254. The van der Waals surface area contributed by atoms with Crippen LogP contribution >= 0.6 is 0 Å². The molecule has 0 aliphatic carbocycles. The van der Waals surface area contributed by atoms with Gasteiger partial charge in [0, 0.05) is 18.3 Å². The summed E-state index contributed by atoms with van der Waals surface area (Å²) in [5.74, 6) is 0.808. The summed E-state index contributed by atoms with van der Waals surface area (Å²) in [6.45, 7) is 1.80. The van der Waals surface area contributed by atoms with Gasteiger partial charge in [-0.2, -0.15) is 5.10 Å². The van der Waals surface area contributed by atoms with E-state index in [4.69, 9.17) is 0 Å². The van der Waals surface area contributed by atoms with Gasteiger partial charge in [0.25, 0.3) is 5.91 Å². The molecular weight excluding hydrogens is 366 g/mol. The van der Waals surface area contributed by atoms with Crippen LogP contribution in [0, 0.1) is 6.92 Å². The highest BCUT2D eigenvalue weighted by molar-refractivity contribution is 7.92. The molecule has 0 spiro atoms. The summed E-state index contributed by atoms with van der Waals surface area (Å²) >= 11 is 0. The first-order valence-corrected chi connectivity index (χ1v) is 9.94. The number of anilines is 2. The number of sulfonamides is 1. The Morgan fingerprint density at radius 2 is 1.89 bits per heavy atom. The number of aromatic nitrogens is 3. The van der Waals surface area contributed by atoms with Gasteiger partial charge in [0.15, 0.2) is 5.82 Å². The van der Waals surface area contributed by atoms with E-state index >= 15 is 0 Å². The number of nitrogens with one attached hydrogen (secondary N) is 2. The van der Waals surface area contributed by atoms with Crippen LogP contribution in [-0.4, -0.2) is 42.8 Å². The molecule has 3 aromatic rings. The lowest BCUT2D eigenvalue weighted by Gasteiger charge is -2.19. The fourth-order valence-corrected chi connectivity index (χ4v) is 3.04. The van der Waals surface area contributed by atoms with Crippen LogP contribution in [0.3, 0.4) is 0 Å². The summed E-state index contributed by atoms with van der Waals surface area (Å²) in [7, 11) is -2.08. The smallest absolute Gasteiger partial charge is 0.257 e. The van der Waals surface area contributed by atoms with E-state index in [9.17, 15) is 13.2 Å². The van der Waals surface area contributed by atoms with Crippen molar-refractivity contribution < 1.29 is 13.2 Å².